The number of ketones is 1. The Morgan fingerprint density at radius 1 is 1.09 bits per heavy atom. The van der Waals surface area contributed by atoms with Gasteiger partial charge in [-0.1, -0.05) is 11.6 Å². The Labute approximate surface area is 138 Å². The molecule has 0 atom stereocenters. The molecular formula is C16H13ClN2O3S. The van der Waals surface area contributed by atoms with E-state index in [0.29, 0.717) is 5.56 Å². The van der Waals surface area contributed by atoms with Crippen molar-refractivity contribution in [3.63, 3.8) is 0 Å². The predicted molar refractivity (Wildman–Crippen MR) is 89.2 cm³/mol. The number of benzene rings is 2. The normalized spacial score (nSPS) is 11.8. The smallest absolute Gasteiger partial charge is 0.239 e. The Morgan fingerprint density at radius 3 is 2.43 bits per heavy atom. The van der Waals surface area contributed by atoms with Gasteiger partial charge < -0.3 is 4.57 Å². The Kier molecular flexibility index (Phi) is 3.75. The third kappa shape index (κ3) is 2.88. The highest BCUT2D eigenvalue weighted by molar-refractivity contribution is 7.89. The van der Waals surface area contributed by atoms with Gasteiger partial charge in [-0.05, 0) is 42.5 Å². The molecule has 0 spiro atoms. The SMILES string of the molecule is Cn1ccc2cc(C(=O)c3ccc(Cl)c(S(N)(=O)=O)c3)ccc21. The van der Waals surface area contributed by atoms with Gasteiger partial charge in [0.1, 0.15) is 4.90 Å². The number of hydrogen-bond acceptors (Lipinski definition) is 3. The van der Waals surface area contributed by atoms with Gasteiger partial charge >= 0.3 is 0 Å². The number of nitrogens with zero attached hydrogens (tertiary/aromatic N) is 1. The zero-order chi connectivity index (χ0) is 16.8. The van der Waals surface area contributed by atoms with Gasteiger partial charge in [0.2, 0.25) is 10.0 Å². The van der Waals surface area contributed by atoms with Crippen LogP contribution in [0, 0.1) is 0 Å². The second kappa shape index (κ2) is 5.49. The summed E-state index contributed by atoms with van der Waals surface area (Å²) in [7, 11) is -2.07. The Morgan fingerprint density at radius 2 is 1.74 bits per heavy atom. The number of fused-ring (bicyclic) bond motifs is 1. The Bertz CT molecular complexity index is 1040. The summed E-state index contributed by atoms with van der Waals surface area (Å²) in [5.74, 6) is -0.294. The van der Waals surface area contributed by atoms with E-state index in [0.717, 1.165) is 10.9 Å². The number of rotatable bonds is 3. The number of hydrogen-bond donors (Lipinski definition) is 1. The summed E-state index contributed by atoms with van der Waals surface area (Å²) >= 11 is 5.84. The molecule has 3 aromatic rings. The second-order valence-corrected chi connectivity index (χ2v) is 7.16. The molecule has 0 saturated carbocycles. The van der Waals surface area contributed by atoms with E-state index in [1.165, 1.54) is 18.2 Å². The number of sulfonamides is 1. The number of primary sulfonamides is 1. The van der Waals surface area contributed by atoms with E-state index in [4.69, 9.17) is 16.7 Å². The third-order valence-electron chi connectivity index (χ3n) is 3.65. The lowest BCUT2D eigenvalue weighted by atomic mass is 10.0. The van der Waals surface area contributed by atoms with Crippen molar-refractivity contribution in [3.05, 3.63) is 64.8 Å². The van der Waals surface area contributed by atoms with Gasteiger partial charge in [0.05, 0.1) is 5.02 Å². The molecule has 0 fully saturated rings. The van der Waals surface area contributed by atoms with Crippen LogP contribution < -0.4 is 5.14 Å². The summed E-state index contributed by atoms with van der Waals surface area (Å²) in [6, 6.07) is 11.3. The van der Waals surface area contributed by atoms with E-state index >= 15 is 0 Å². The van der Waals surface area contributed by atoms with E-state index in [1.807, 2.05) is 29.9 Å². The lowest BCUT2D eigenvalue weighted by Gasteiger charge is -2.06. The summed E-state index contributed by atoms with van der Waals surface area (Å²) in [6.07, 6.45) is 1.90. The maximum absolute atomic E-state index is 12.6. The van der Waals surface area contributed by atoms with E-state index in [2.05, 4.69) is 0 Å². The molecule has 7 heteroatoms. The van der Waals surface area contributed by atoms with Gasteiger partial charge in [-0.15, -0.1) is 0 Å². The molecule has 5 nitrogen and oxygen atoms in total. The van der Waals surface area contributed by atoms with E-state index in [1.54, 1.807) is 12.1 Å². The van der Waals surface area contributed by atoms with Gasteiger partial charge in [-0.2, -0.15) is 0 Å². The minimum atomic E-state index is -3.99. The maximum Gasteiger partial charge on any atom is 0.239 e. The number of carbonyl (C=O) groups is 1. The molecule has 3 rings (SSSR count). The molecule has 0 aliphatic rings. The number of aromatic nitrogens is 1. The van der Waals surface area contributed by atoms with E-state index < -0.39 is 10.0 Å². The van der Waals surface area contributed by atoms with Crippen LogP contribution in [0.5, 0.6) is 0 Å². The first-order valence-corrected chi connectivity index (χ1v) is 8.62. The molecular weight excluding hydrogens is 336 g/mol. The van der Waals surface area contributed by atoms with Gasteiger partial charge in [-0.3, -0.25) is 4.79 Å². The molecule has 23 heavy (non-hydrogen) atoms. The summed E-state index contributed by atoms with van der Waals surface area (Å²) in [5, 5.41) is 6.03. The monoisotopic (exact) mass is 348 g/mol. The van der Waals surface area contributed by atoms with Crippen LogP contribution in [0.15, 0.2) is 53.6 Å². The molecule has 2 N–H and O–H groups in total. The molecule has 0 bridgehead atoms. The molecule has 0 aliphatic carbocycles. The molecule has 0 saturated heterocycles. The first kappa shape index (κ1) is 15.7. The summed E-state index contributed by atoms with van der Waals surface area (Å²) < 4.78 is 25.0. The predicted octanol–water partition coefficient (Wildman–Crippen LogP) is 2.71. The van der Waals surface area contributed by atoms with Gasteiger partial charge in [-0.25, -0.2) is 13.6 Å². The van der Waals surface area contributed by atoms with Crippen molar-refractivity contribution in [2.24, 2.45) is 12.2 Å². The number of nitrogens with two attached hydrogens (primary N) is 1. The molecule has 2 aromatic carbocycles. The lowest BCUT2D eigenvalue weighted by molar-refractivity contribution is 0.103. The Balaban J connectivity index is 2.08. The second-order valence-electron chi connectivity index (χ2n) is 5.22. The fourth-order valence-corrected chi connectivity index (χ4v) is 3.52. The molecule has 118 valence electrons. The quantitative estimate of drug-likeness (QED) is 0.739. The van der Waals surface area contributed by atoms with Crippen LogP contribution in [-0.2, 0) is 17.1 Å². The summed E-state index contributed by atoms with van der Waals surface area (Å²) in [6.45, 7) is 0. The first-order chi connectivity index (χ1) is 10.8. The molecule has 1 heterocycles. The van der Waals surface area contributed by atoms with Crippen LogP contribution in [0.2, 0.25) is 5.02 Å². The zero-order valence-corrected chi connectivity index (χ0v) is 13.7. The highest BCUT2D eigenvalue weighted by atomic mass is 35.5. The highest BCUT2D eigenvalue weighted by Crippen LogP contribution is 2.24. The molecule has 0 unspecified atom stereocenters. The fraction of sp³-hybridized carbons (Fsp3) is 0.0625. The lowest BCUT2D eigenvalue weighted by Crippen LogP contribution is -2.14. The average molecular weight is 349 g/mol. The number of carbonyl (C=O) groups excluding carboxylic acids is 1. The van der Waals surface area contributed by atoms with Crippen molar-refractivity contribution >= 4 is 38.3 Å². The topological polar surface area (TPSA) is 82.2 Å². The summed E-state index contributed by atoms with van der Waals surface area (Å²) in [5.41, 5.74) is 1.68. The molecule has 0 amide bonds. The van der Waals surface area contributed by atoms with Crippen LogP contribution in [-0.4, -0.2) is 18.8 Å². The van der Waals surface area contributed by atoms with E-state index in [-0.39, 0.29) is 21.3 Å². The minimum Gasteiger partial charge on any atom is -0.351 e. The van der Waals surface area contributed by atoms with Crippen molar-refractivity contribution in [1.29, 1.82) is 0 Å². The van der Waals surface area contributed by atoms with Crippen LogP contribution in [0.3, 0.4) is 0 Å². The van der Waals surface area contributed by atoms with Crippen LogP contribution in [0.1, 0.15) is 15.9 Å². The van der Waals surface area contributed by atoms with Crippen molar-refractivity contribution in [1.82, 2.24) is 4.57 Å². The first-order valence-electron chi connectivity index (χ1n) is 6.69. The number of halogens is 1. The zero-order valence-electron chi connectivity index (χ0n) is 12.2. The van der Waals surface area contributed by atoms with Gasteiger partial charge in [0, 0.05) is 35.3 Å². The fourth-order valence-electron chi connectivity index (χ4n) is 2.45. The van der Waals surface area contributed by atoms with Crippen molar-refractivity contribution in [2.45, 2.75) is 4.90 Å². The van der Waals surface area contributed by atoms with E-state index in [9.17, 15) is 13.2 Å². The van der Waals surface area contributed by atoms with Crippen LogP contribution in [0.25, 0.3) is 10.9 Å². The number of aryl methyl sites for hydroxylation is 1. The molecule has 0 radical (unpaired) electrons. The van der Waals surface area contributed by atoms with Gasteiger partial charge in [0.15, 0.2) is 5.78 Å². The van der Waals surface area contributed by atoms with Crippen LogP contribution >= 0.6 is 11.6 Å². The van der Waals surface area contributed by atoms with Crippen molar-refractivity contribution in [3.8, 4) is 0 Å². The highest BCUT2D eigenvalue weighted by Gasteiger charge is 2.17. The third-order valence-corrected chi connectivity index (χ3v) is 5.04. The Hall–Kier alpha value is -2.15. The van der Waals surface area contributed by atoms with Crippen LogP contribution in [0.4, 0.5) is 0 Å². The molecule has 0 aliphatic heterocycles. The largest absolute Gasteiger partial charge is 0.351 e. The standard InChI is InChI=1S/C16H13ClN2O3S/c1-19-7-6-10-8-11(3-5-14(10)19)16(20)12-2-4-13(17)15(9-12)23(18,21)22/h2-9H,1H3,(H2,18,21,22). The maximum atomic E-state index is 12.6. The summed E-state index contributed by atoms with van der Waals surface area (Å²) in [4.78, 5) is 12.3. The molecule has 1 aromatic heterocycles. The van der Waals surface area contributed by atoms with Gasteiger partial charge in [0.25, 0.3) is 0 Å². The van der Waals surface area contributed by atoms with Crippen molar-refractivity contribution in [2.75, 3.05) is 0 Å². The average Bonchev–Trinajstić information content (AvgIpc) is 2.87. The van der Waals surface area contributed by atoms with Crippen molar-refractivity contribution < 1.29 is 13.2 Å². The minimum absolute atomic E-state index is 0.0115.